The van der Waals surface area contributed by atoms with Crippen molar-refractivity contribution in [3.05, 3.63) is 131 Å². The lowest BCUT2D eigenvalue weighted by Gasteiger charge is -2.07. The van der Waals surface area contributed by atoms with Gasteiger partial charge in [0.1, 0.15) is 13.2 Å². The molecule has 0 atom stereocenters. The minimum absolute atomic E-state index is 0.00629. The van der Waals surface area contributed by atoms with Gasteiger partial charge < -0.3 is 9.47 Å². The normalized spacial score (nSPS) is 9.90. The molecule has 0 aliphatic rings. The molecule has 0 radical (unpaired) electrons. The molecule has 0 aliphatic carbocycles. The molecular weight excluding hydrogens is 588 g/mol. The van der Waals surface area contributed by atoms with E-state index in [0.29, 0.717) is 22.5 Å². The summed E-state index contributed by atoms with van der Waals surface area (Å²) in [6.45, 7) is 1.93. The predicted molar refractivity (Wildman–Crippen MR) is 162 cm³/mol. The van der Waals surface area contributed by atoms with Crippen LogP contribution in [0.25, 0.3) is 0 Å². The number of ketones is 2. The van der Waals surface area contributed by atoms with Crippen molar-refractivity contribution in [3.8, 4) is 0 Å². The minimum Gasteiger partial charge on any atom is -0.444 e. The number of ether oxygens (including phenoxy) is 2. The third-order valence-electron chi connectivity index (χ3n) is 5.54. The number of benzene rings is 4. The average molecular weight is 617 g/mol. The van der Waals surface area contributed by atoms with Crippen LogP contribution in [-0.2, 0) is 22.7 Å². The van der Waals surface area contributed by atoms with Crippen LogP contribution in [0.2, 0.25) is 0 Å². The summed E-state index contributed by atoms with van der Waals surface area (Å²) in [6.07, 6.45) is -1.05. The van der Waals surface area contributed by atoms with Gasteiger partial charge in [0, 0.05) is 22.5 Å². The van der Waals surface area contributed by atoms with Crippen LogP contribution in [0.1, 0.15) is 38.8 Å². The summed E-state index contributed by atoms with van der Waals surface area (Å²) in [5.74, 6) is -0.0172. The lowest BCUT2D eigenvalue weighted by Crippen LogP contribution is -2.13. The Bertz CT molecular complexity index is 1430. The third kappa shape index (κ3) is 11.1. The Labute approximate surface area is 246 Å². The quantitative estimate of drug-likeness (QED) is 0.148. The Morgan fingerprint density at radius 1 is 0.585 bits per heavy atom. The molecule has 9 heteroatoms. The van der Waals surface area contributed by atoms with Crippen molar-refractivity contribution in [3.63, 3.8) is 0 Å². The number of rotatable bonds is 9. The molecule has 0 aromatic heterocycles. The maximum absolute atomic E-state index is 11.7. The molecule has 4 rings (SSSR count). The Morgan fingerprint density at radius 3 is 1.34 bits per heavy atom. The topological polar surface area (TPSA) is 111 Å². The van der Waals surface area contributed by atoms with E-state index >= 15 is 0 Å². The van der Waals surface area contributed by atoms with E-state index in [4.69, 9.17) is 9.47 Å². The van der Waals surface area contributed by atoms with Gasteiger partial charge in [-0.2, -0.15) is 0 Å². The van der Waals surface area contributed by atoms with Crippen LogP contribution in [-0.4, -0.2) is 29.1 Å². The SMILES string of the molecule is CC(=O)c1ccc(NC(=O)OCc2ccccc2)cc1.O=C(Nc1ccc(C(=O)CBr)cc1)OCc1ccccc1. The zero-order valence-corrected chi connectivity index (χ0v) is 23.9. The smallest absolute Gasteiger partial charge is 0.411 e. The summed E-state index contributed by atoms with van der Waals surface area (Å²) < 4.78 is 10.2. The Balaban J connectivity index is 0.000000226. The highest BCUT2D eigenvalue weighted by Gasteiger charge is 2.07. The first-order valence-electron chi connectivity index (χ1n) is 12.6. The minimum atomic E-state index is -0.529. The zero-order chi connectivity index (χ0) is 29.5. The molecule has 4 aromatic carbocycles. The number of carbonyl (C=O) groups is 4. The van der Waals surface area contributed by atoms with Crippen LogP contribution in [0.5, 0.6) is 0 Å². The van der Waals surface area contributed by atoms with E-state index in [1.54, 1.807) is 48.5 Å². The molecule has 0 unspecified atom stereocenters. The van der Waals surface area contributed by atoms with Crippen molar-refractivity contribution in [2.45, 2.75) is 20.1 Å². The first kappa shape index (κ1) is 30.8. The van der Waals surface area contributed by atoms with Gasteiger partial charge in [0.05, 0.1) is 5.33 Å². The molecule has 2 amide bonds. The number of hydrogen-bond acceptors (Lipinski definition) is 6. The van der Waals surface area contributed by atoms with E-state index in [-0.39, 0.29) is 30.1 Å². The summed E-state index contributed by atoms with van der Waals surface area (Å²) in [5.41, 5.74) is 4.22. The molecule has 4 aromatic rings. The first-order chi connectivity index (χ1) is 19.8. The maximum Gasteiger partial charge on any atom is 0.411 e. The maximum atomic E-state index is 11.7. The van der Waals surface area contributed by atoms with Crippen LogP contribution in [0.4, 0.5) is 21.0 Å². The predicted octanol–water partition coefficient (Wildman–Crippen LogP) is 7.65. The second-order valence-corrected chi connectivity index (χ2v) is 9.20. The highest BCUT2D eigenvalue weighted by molar-refractivity contribution is 9.09. The lowest BCUT2D eigenvalue weighted by molar-refractivity contribution is 0.101. The number of amides is 2. The van der Waals surface area contributed by atoms with Crippen LogP contribution in [0.15, 0.2) is 109 Å². The molecule has 210 valence electrons. The molecule has 0 saturated heterocycles. The monoisotopic (exact) mass is 616 g/mol. The molecule has 0 saturated carbocycles. The van der Waals surface area contributed by atoms with E-state index < -0.39 is 12.2 Å². The van der Waals surface area contributed by atoms with Crippen molar-refractivity contribution in [1.29, 1.82) is 0 Å². The van der Waals surface area contributed by atoms with Crippen molar-refractivity contribution >= 4 is 51.1 Å². The van der Waals surface area contributed by atoms with Gasteiger partial charge in [0.15, 0.2) is 11.6 Å². The van der Waals surface area contributed by atoms with Gasteiger partial charge in [-0.25, -0.2) is 9.59 Å². The van der Waals surface area contributed by atoms with Gasteiger partial charge in [-0.15, -0.1) is 0 Å². The lowest BCUT2D eigenvalue weighted by atomic mass is 10.1. The van der Waals surface area contributed by atoms with Gasteiger partial charge in [-0.05, 0) is 66.6 Å². The number of alkyl halides is 1. The number of hydrogen-bond donors (Lipinski definition) is 2. The van der Waals surface area contributed by atoms with E-state index in [9.17, 15) is 19.2 Å². The molecule has 8 nitrogen and oxygen atoms in total. The van der Waals surface area contributed by atoms with Crippen LogP contribution in [0, 0.1) is 0 Å². The molecular formula is C32H29BrN2O6. The van der Waals surface area contributed by atoms with Crippen molar-refractivity contribution in [2.24, 2.45) is 0 Å². The highest BCUT2D eigenvalue weighted by Crippen LogP contribution is 2.13. The third-order valence-corrected chi connectivity index (χ3v) is 6.05. The molecule has 0 heterocycles. The Morgan fingerprint density at radius 2 is 0.976 bits per heavy atom. The first-order valence-corrected chi connectivity index (χ1v) is 13.7. The number of nitrogens with one attached hydrogen (secondary N) is 2. The summed E-state index contributed by atoms with van der Waals surface area (Å²) in [6, 6.07) is 32.2. The van der Waals surface area contributed by atoms with Crippen LogP contribution >= 0.6 is 15.9 Å². The molecule has 0 bridgehead atoms. The number of carbonyl (C=O) groups excluding carboxylic acids is 4. The number of halogens is 1. The second kappa shape index (κ2) is 16.4. The fourth-order valence-electron chi connectivity index (χ4n) is 3.36. The standard InChI is InChI=1S/C16H14BrNO3.C16H15NO3/c17-10-15(19)13-6-8-14(9-7-13)18-16(20)21-11-12-4-2-1-3-5-12;1-12(18)14-7-9-15(10-8-14)17-16(19)20-11-13-5-3-2-4-6-13/h1-9H,10-11H2,(H,18,20);2-10H,11H2,1H3,(H,17,19). The van der Waals surface area contributed by atoms with Gasteiger partial charge in [0.2, 0.25) is 0 Å². The fourth-order valence-corrected chi connectivity index (χ4v) is 3.68. The van der Waals surface area contributed by atoms with Crippen molar-refractivity contribution in [2.75, 3.05) is 16.0 Å². The molecule has 41 heavy (non-hydrogen) atoms. The van der Waals surface area contributed by atoms with Gasteiger partial charge in [-0.3, -0.25) is 20.2 Å². The zero-order valence-electron chi connectivity index (χ0n) is 22.3. The average Bonchev–Trinajstić information content (AvgIpc) is 3.00. The van der Waals surface area contributed by atoms with E-state index in [1.165, 1.54) is 6.92 Å². The molecule has 0 fully saturated rings. The van der Waals surface area contributed by atoms with Crippen molar-refractivity contribution in [1.82, 2.24) is 0 Å². The van der Waals surface area contributed by atoms with E-state index in [1.807, 2.05) is 60.7 Å². The fraction of sp³-hybridized carbons (Fsp3) is 0.125. The largest absolute Gasteiger partial charge is 0.444 e. The van der Waals surface area contributed by atoms with E-state index in [0.717, 1.165) is 11.1 Å². The van der Waals surface area contributed by atoms with Gasteiger partial charge >= 0.3 is 12.2 Å². The summed E-state index contributed by atoms with van der Waals surface area (Å²) in [4.78, 5) is 45.8. The van der Waals surface area contributed by atoms with E-state index in [2.05, 4.69) is 26.6 Å². The second-order valence-electron chi connectivity index (χ2n) is 8.64. The van der Waals surface area contributed by atoms with Gasteiger partial charge in [-0.1, -0.05) is 76.6 Å². The molecule has 0 spiro atoms. The molecule has 2 N–H and O–H groups in total. The summed E-state index contributed by atoms with van der Waals surface area (Å²) in [5, 5.41) is 5.49. The van der Waals surface area contributed by atoms with Crippen molar-refractivity contribution < 1.29 is 28.7 Å². The summed E-state index contributed by atoms with van der Waals surface area (Å²) >= 11 is 3.11. The Kier molecular flexibility index (Phi) is 12.3. The van der Waals surface area contributed by atoms with Crippen LogP contribution < -0.4 is 10.6 Å². The molecule has 0 aliphatic heterocycles. The van der Waals surface area contributed by atoms with Gasteiger partial charge in [0.25, 0.3) is 0 Å². The Hall–Kier alpha value is -4.76. The number of Topliss-reactive ketones (excluding diaryl/α,β-unsaturated/α-hetero) is 2. The highest BCUT2D eigenvalue weighted by atomic mass is 79.9. The summed E-state index contributed by atoms with van der Waals surface area (Å²) in [7, 11) is 0. The number of anilines is 2. The van der Waals surface area contributed by atoms with Crippen LogP contribution in [0.3, 0.4) is 0 Å².